The maximum atomic E-state index is 13.2. The molecule has 0 atom stereocenters. The van der Waals surface area contributed by atoms with Crippen molar-refractivity contribution in [3.8, 4) is 33.5 Å². The number of methoxy groups -OCH3 is 2. The third kappa shape index (κ3) is 4.68. The molecule has 4 rings (SSSR count). The topological polar surface area (TPSA) is 99.1 Å². The molecule has 0 aliphatic rings. The van der Waals surface area contributed by atoms with Crippen LogP contribution in [0.3, 0.4) is 0 Å². The lowest BCUT2D eigenvalue weighted by molar-refractivity contribution is 0.0951. The first-order valence-electron chi connectivity index (χ1n) is 9.46. The minimum Gasteiger partial charge on any atom is -0.491 e. The largest absolute Gasteiger partial charge is 0.491 e. The smallest absolute Gasteiger partial charge is 0.257 e. The maximum absolute atomic E-state index is 13.2. The van der Waals surface area contributed by atoms with Crippen molar-refractivity contribution >= 4 is 28.8 Å². The Balaban J connectivity index is 1.64. The number of amides is 1. The number of ether oxygens (including phenoxy) is 2. The number of nitrogens with zero attached hydrogens (tertiary/aromatic N) is 4. The SMILES string of the molecule is COc1ccc(CNC(=O)c2cc(-c3cncc(Cl)c3)ncc2-c2nccs2)nc1OC. The highest BCUT2D eigenvalue weighted by atomic mass is 35.5. The van der Waals surface area contributed by atoms with Crippen LogP contribution in [0, 0.1) is 0 Å². The van der Waals surface area contributed by atoms with Crippen molar-refractivity contribution in [3.63, 3.8) is 0 Å². The highest BCUT2D eigenvalue weighted by Gasteiger charge is 2.18. The van der Waals surface area contributed by atoms with Crippen molar-refractivity contribution in [2.45, 2.75) is 6.54 Å². The van der Waals surface area contributed by atoms with Gasteiger partial charge in [-0.1, -0.05) is 11.6 Å². The molecule has 0 radical (unpaired) electrons. The number of thiazole rings is 1. The van der Waals surface area contributed by atoms with Crippen LogP contribution in [-0.2, 0) is 6.54 Å². The Kier molecular flexibility index (Phi) is 6.58. The Hall–Kier alpha value is -3.56. The molecule has 4 aromatic heterocycles. The van der Waals surface area contributed by atoms with Crippen LogP contribution in [0.1, 0.15) is 16.1 Å². The van der Waals surface area contributed by atoms with Gasteiger partial charge in [0.25, 0.3) is 11.8 Å². The minimum absolute atomic E-state index is 0.201. The summed E-state index contributed by atoms with van der Waals surface area (Å²) in [5.74, 6) is 0.579. The van der Waals surface area contributed by atoms with Crippen LogP contribution in [0.25, 0.3) is 21.8 Å². The van der Waals surface area contributed by atoms with Gasteiger partial charge < -0.3 is 14.8 Å². The molecule has 4 aromatic rings. The van der Waals surface area contributed by atoms with E-state index in [0.29, 0.717) is 49.7 Å². The van der Waals surface area contributed by atoms with E-state index in [9.17, 15) is 4.79 Å². The summed E-state index contributed by atoms with van der Waals surface area (Å²) in [6.07, 6.45) is 6.51. The molecule has 1 N–H and O–H groups in total. The van der Waals surface area contributed by atoms with Gasteiger partial charge in [-0.05, 0) is 24.3 Å². The van der Waals surface area contributed by atoms with Crippen molar-refractivity contribution in [1.29, 1.82) is 0 Å². The van der Waals surface area contributed by atoms with E-state index in [2.05, 4.69) is 25.3 Å². The summed E-state index contributed by atoms with van der Waals surface area (Å²) in [5, 5.41) is 5.93. The zero-order valence-corrected chi connectivity index (χ0v) is 18.8. The molecule has 0 bridgehead atoms. The second kappa shape index (κ2) is 9.71. The van der Waals surface area contributed by atoms with Crippen LogP contribution in [0.15, 0.2) is 54.4 Å². The number of carbonyl (C=O) groups is 1. The summed E-state index contributed by atoms with van der Waals surface area (Å²) in [5.41, 5.74) is 2.98. The number of hydrogen-bond donors (Lipinski definition) is 1. The predicted molar refractivity (Wildman–Crippen MR) is 122 cm³/mol. The molecule has 10 heteroatoms. The summed E-state index contributed by atoms with van der Waals surface area (Å²) >= 11 is 7.50. The van der Waals surface area contributed by atoms with E-state index in [-0.39, 0.29) is 12.5 Å². The van der Waals surface area contributed by atoms with Crippen LogP contribution < -0.4 is 14.8 Å². The Morgan fingerprint density at radius 3 is 2.72 bits per heavy atom. The van der Waals surface area contributed by atoms with Gasteiger partial charge in [-0.3, -0.25) is 14.8 Å². The average Bonchev–Trinajstić information content (AvgIpc) is 3.36. The number of hydrogen-bond acceptors (Lipinski definition) is 8. The molecule has 0 saturated heterocycles. The molecular weight excluding hydrogens is 450 g/mol. The van der Waals surface area contributed by atoms with Crippen LogP contribution in [0.4, 0.5) is 0 Å². The normalized spacial score (nSPS) is 10.6. The lowest BCUT2D eigenvalue weighted by Crippen LogP contribution is -2.24. The summed E-state index contributed by atoms with van der Waals surface area (Å²) in [4.78, 5) is 30.5. The van der Waals surface area contributed by atoms with Gasteiger partial charge in [0.05, 0.1) is 42.7 Å². The molecule has 32 heavy (non-hydrogen) atoms. The first kappa shape index (κ1) is 21.7. The maximum Gasteiger partial charge on any atom is 0.257 e. The molecule has 0 aromatic carbocycles. The van der Waals surface area contributed by atoms with E-state index in [0.717, 1.165) is 0 Å². The van der Waals surface area contributed by atoms with E-state index >= 15 is 0 Å². The number of carbonyl (C=O) groups excluding carboxylic acids is 1. The summed E-state index contributed by atoms with van der Waals surface area (Å²) in [7, 11) is 3.05. The lowest BCUT2D eigenvalue weighted by Gasteiger charge is -2.12. The lowest BCUT2D eigenvalue weighted by atomic mass is 10.1. The molecular formula is C22H18ClN5O3S. The predicted octanol–water partition coefficient (Wildman–Crippen LogP) is 4.26. The van der Waals surface area contributed by atoms with E-state index in [1.165, 1.54) is 25.6 Å². The van der Waals surface area contributed by atoms with E-state index < -0.39 is 0 Å². The van der Waals surface area contributed by atoms with Gasteiger partial charge in [-0.25, -0.2) is 9.97 Å². The van der Waals surface area contributed by atoms with Crippen molar-refractivity contribution in [3.05, 3.63) is 70.7 Å². The van der Waals surface area contributed by atoms with Crippen LogP contribution in [0.5, 0.6) is 11.6 Å². The number of nitrogens with one attached hydrogen (secondary N) is 1. The average molecular weight is 468 g/mol. The second-order valence-electron chi connectivity index (χ2n) is 6.54. The Morgan fingerprint density at radius 1 is 1.12 bits per heavy atom. The molecule has 0 aliphatic carbocycles. The minimum atomic E-state index is -0.287. The van der Waals surface area contributed by atoms with Gasteiger partial charge in [-0.2, -0.15) is 0 Å². The number of halogens is 1. The standard InChI is InChI=1S/C22H18ClN5O3S/c1-30-19-4-3-15(28-21(19)31-2)11-27-20(29)16-8-18(13-7-14(23)10-24-9-13)26-12-17(16)22-25-5-6-32-22/h3-10,12H,11H2,1-2H3,(H,27,29). The third-order valence-electron chi connectivity index (χ3n) is 4.54. The molecule has 0 aliphatic heterocycles. The van der Waals surface area contributed by atoms with E-state index in [1.54, 1.807) is 49.1 Å². The van der Waals surface area contributed by atoms with Gasteiger partial charge in [0.1, 0.15) is 5.01 Å². The van der Waals surface area contributed by atoms with Crippen molar-refractivity contribution in [2.24, 2.45) is 0 Å². The fourth-order valence-electron chi connectivity index (χ4n) is 3.01. The van der Waals surface area contributed by atoms with Crippen LogP contribution >= 0.6 is 22.9 Å². The van der Waals surface area contributed by atoms with Gasteiger partial charge in [0.2, 0.25) is 0 Å². The highest BCUT2D eigenvalue weighted by Crippen LogP contribution is 2.29. The Morgan fingerprint density at radius 2 is 2.00 bits per heavy atom. The van der Waals surface area contributed by atoms with E-state index in [1.807, 2.05) is 5.38 Å². The fourth-order valence-corrected chi connectivity index (χ4v) is 3.85. The monoisotopic (exact) mass is 467 g/mol. The molecule has 162 valence electrons. The molecule has 0 spiro atoms. The quantitative estimate of drug-likeness (QED) is 0.433. The van der Waals surface area contributed by atoms with Crippen molar-refractivity contribution < 1.29 is 14.3 Å². The van der Waals surface area contributed by atoms with Crippen LogP contribution in [-0.4, -0.2) is 40.1 Å². The van der Waals surface area contributed by atoms with Crippen LogP contribution in [0.2, 0.25) is 5.02 Å². The third-order valence-corrected chi connectivity index (χ3v) is 5.55. The van der Waals surface area contributed by atoms with E-state index in [4.69, 9.17) is 21.1 Å². The molecule has 0 saturated carbocycles. The van der Waals surface area contributed by atoms with Gasteiger partial charge in [0.15, 0.2) is 5.75 Å². The molecule has 4 heterocycles. The van der Waals surface area contributed by atoms with Crippen molar-refractivity contribution in [1.82, 2.24) is 25.3 Å². The van der Waals surface area contributed by atoms with Gasteiger partial charge >= 0.3 is 0 Å². The summed E-state index contributed by atoms with van der Waals surface area (Å²) < 4.78 is 10.4. The first-order chi connectivity index (χ1) is 15.6. The first-order valence-corrected chi connectivity index (χ1v) is 10.7. The number of aromatic nitrogens is 4. The molecule has 0 unspecified atom stereocenters. The highest BCUT2D eigenvalue weighted by molar-refractivity contribution is 7.13. The van der Waals surface area contributed by atoms with Crippen molar-refractivity contribution in [2.75, 3.05) is 14.2 Å². The van der Waals surface area contributed by atoms with Gasteiger partial charge in [0, 0.05) is 41.3 Å². The zero-order chi connectivity index (χ0) is 22.5. The number of rotatable bonds is 7. The van der Waals surface area contributed by atoms with Gasteiger partial charge in [-0.15, -0.1) is 11.3 Å². The molecule has 8 nitrogen and oxygen atoms in total. The Bertz CT molecular complexity index is 1250. The molecule has 1 amide bonds. The molecule has 0 fully saturated rings. The summed E-state index contributed by atoms with van der Waals surface area (Å²) in [6.45, 7) is 0.201. The second-order valence-corrected chi connectivity index (χ2v) is 7.87. The summed E-state index contributed by atoms with van der Waals surface area (Å²) in [6, 6.07) is 6.96. The number of pyridine rings is 3. The Labute approximate surface area is 193 Å². The zero-order valence-electron chi connectivity index (χ0n) is 17.2. The fraction of sp³-hybridized carbons (Fsp3) is 0.136.